The Hall–Kier alpha value is -2.25. The Labute approximate surface area is 143 Å². The van der Waals surface area contributed by atoms with Gasteiger partial charge in [0, 0.05) is 5.69 Å². The van der Waals surface area contributed by atoms with Crippen molar-refractivity contribution >= 4 is 23.2 Å². The summed E-state index contributed by atoms with van der Waals surface area (Å²) in [5.41, 5.74) is 5.67. The Morgan fingerprint density at radius 1 is 1.25 bits per heavy atom. The first kappa shape index (κ1) is 16.6. The lowest BCUT2D eigenvalue weighted by atomic mass is 9.92. The molecule has 0 bridgehead atoms. The van der Waals surface area contributed by atoms with Crippen molar-refractivity contribution in [1.29, 1.82) is 0 Å². The van der Waals surface area contributed by atoms with Gasteiger partial charge >= 0.3 is 5.97 Å². The van der Waals surface area contributed by atoms with Gasteiger partial charge in [0.1, 0.15) is 11.5 Å². The van der Waals surface area contributed by atoms with Crippen molar-refractivity contribution < 1.29 is 19.5 Å². The van der Waals surface area contributed by atoms with Crippen LogP contribution in [0.2, 0.25) is 0 Å². The maximum Gasteiger partial charge on any atom is 0.346 e. The van der Waals surface area contributed by atoms with Crippen molar-refractivity contribution in [2.75, 3.05) is 0 Å². The Balaban J connectivity index is 1.70. The zero-order valence-corrected chi connectivity index (χ0v) is 14.1. The maximum absolute atomic E-state index is 12.4. The molecule has 0 spiro atoms. The van der Waals surface area contributed by atoms with E-state index in [-0.39, 0.29) is 11.5 Å². The number of rotatable bonds is 5. The highest BCUT2D eigenvalue weighted by Crippen LogP contribution is 2.34. The van der Waals surface area contributed by atoms with Gasteiger partial charge in [0.05, 0.1) is 10.6 Å². The summed E-state index contributed by atoms with van der Waals surface area (Å²) in [6, 6.07) is 5.57. The number of thiophene rings is 1. The first-order valence-electron chi connectivity index (χ1n) is 7.78. The standard InChI is InChI=1S/C17H18N2O4S/c1-10-5-4-6-11(18-10)9-23-19-16(20)14-12-7-2-3-8-13(12)15(24-14)17(21)22/h4-6H,2-3,7-9H2,1H3,(H,19,20)(H,21,22). The molecule has 7 heteroatoms. The molecular weight excluding hydrogens is 328 g/mol. The number of hydroxylamine groups is 1. The van der Waals surface area contributed by atoms with Crippen LogP contribution in [0.15, 0.2) is 18.2 Å². The maximum atomic E-state index is 12.4. The molecule has 1 amide bonds. The number of nitrogens with zero attached hydrogens (tertiary/aromatic N) is 1. The van der Waals surface area contributed by atoms with E-state index in [2.05, 4.69) is 10.5 Å². The van der Waals surface area contributed by atoms with Crippen molar-refractivity contribution in [3.05, 3.63) is 50.5 Å². The molecular formula is C17H18N2O4S. The fraction of sp³-hybridized carbons (Fsp3) is 0.353. The molecule has 6 nitrogen and oxygen atoms in total. The molecule has 24 heavy (non-hydrogen) atoms. The molecule has 1 aliphatic carbocycles. The first-order chi connectivity index (χ1) is 11.6. The number of fused-ring (bicyclic) bond motifs is 1. The number of nitrogens with one attached hydrogen (secondary N) is 1. The number of carbonyl (C=O) groups is 2. The second kappa shape index (κ2) is 7.11. The van der Waals surface area contributed by atoms with Crippen molar-refractivity contribution in [3.8, 4) is 0 Å². The van der Waals surface area contributed by atoms with Gasteiger partial charge in [-0.15, -0.1) is 11.3 Å². The van der Waals surface area contributed by atoms with Crippen molar-refractivity contribution in [2.24, 2.45) is 0 Å². The van der Waals surface area contributed by atoms with Crippen LogP contribution >= 0.6 is 11.3 Å². The lowest BCUT2D eigenvalue weighted by molar-refractivity contribution is 0.0224. The van der Waals surface area contributed by atoms with Crippen molar-refractivity contribution in [3.63, 3.8) is 0 Å². The second-order valence-electron chi connectivity index (χ2n) is 5.72. The van der Waals surface area contributed by atoms with Crippen LogP contribution in [0, 0.1) is 6.92 Å². The van der Waals surface area contributed by atoms with E-state index in [1.54, 1.807) is 0 Å². The summed E-state index contributed by atoms with van der Waals surface area (Å²) in [5.74, 6) is -1.36. The SMILES string of the molecule is Cc1cccc(CONC(=O)c2sc(C(=O)O)c3c2CCCC3)n1. The molecule has 0 aromatic carbocycles. The monoisotopic (exact) mass is 346 g/mol. The van der Waals surface area contributed by atoms with Gasteiger partial charge in [-0.3, -0.25) is 14.6 Å². The van der Waals surface area contributed by atoms with Gasteiger partial charge in [-0.05, 0) is 55.9 Å². The zero-order chi connectivity index (χ0) is 17.1. The number of carboxylic acids is 1. The molecule has 3 rings (SSSR count). The highest BCUT2D eigenvalue weighted by molar-refractivity contribution is 7.16. The predicted molar refractivity (Wildman–Crippen MR) is 89.1 cm³/mol. The quantitative estimate of drug-likeness (QED) is 0.813. The van der Waals surface area contributed by atoms with Gasteiger partial charge < -0.3 is 5.11 Å². The molecule has 1 aliphatic rings. The van der Waals surface area contributed by atoms with E-state index in [1.807, 2.05) is 25.1 Å². The Morgan fingerprint density at radius 2 is 1.96 bits per heavy atom. The van der Waals surface area contributed by atoms with Crippen LogP contribution in [0.25, 0.3) is 0 Å². The minimum atomic E-state index is -0.970. The summed E-state index contributed by atoms with van der Waals surface area (Å²) in [6.07, 6.45) is 3.38. The highest BCUT2D eigenvalue weighted by atomic mass is 32.1. The van der Waals surface area contributed by atoms with Crippen LogP contribution in [-0.2, 0) is 24.3 Å². The molecule has 0 saturated carbocycles. The number of carbonyl (C=O) groups excluding carboxylic acids is 1. The molecule has 0 atom stereocenters. The Morgan fingerprint density at radius 3 is 2.62 bits per heavy atom. The first-order valence-corrected chi connectivity index (χ1v) is 8.60. The summed E-state index contributed by atoms with van der Waals surface area (Å²) in [4.78, 5) is 34.0. The number of carboxylic acid groups (broad SMARTS) is 1. The molecule has 0 radical (unpaired) electrons. The third kappa shape index (κ3) is 3.47. The summed E-state index contributed by atoms with van der Waals surface area (Å²) in [5, 5.41) is 9.33. The number of hydrogen-bond donors (Lipinski definition) is 2. The van der Waals surface area contributed by atoms with E-state index in [0.717, 1.165) is 59.5 Å². The molecule has 0 aliphatic heterocycles. The van der Waals surface area contributed by atoms with E-state index in [9.17, 15) is 14.7 Å². The summed E-state index contributed by atoms with van der Waals surface area (Å²) in [6.45, 7) is 2.04. The number of aromatic carboxylic acids is 1. The van der Waals surface area contributed by atoms with Gasteiger partial charge in [0.2, 0.25) is 0 Å². The molecule has 2 aromatic heterocycles. The van der Waals surface area contributed by atoms with E-state index < -0.39 is 11.9 Å². The zero-order valence-electron chi connectivity index (χ0n) is 13.3. The highest BCUT2D eigenvalue weighted by Gasteiger charge is 2.27. The minimum Gasteiger partial charge on any atom is -0.477 e. The molecule has 0 unspecified atom stereocenters. The summed E-state index contributed by atoms with van der Waals surface area (Å²) >= 11 is 1.03. The number of aryl methyl sites for hydroxylation is 1. The molecule has 2 N–H and O–H groups in total. The van der Waals surface area contributed by atoms with Gasteiger partial charge in [-0.1, -0.05) is 6.07 Å². The van der Waals surface area contributed by atoms with Gasteiger partial charge in [0.25, 0.3) is 5.91 Å². The van der Waals surface area contributed by atoms with Crippen LogP contribution in [0.1, 0.15) is 54.7 Å². The number of hydrogen-bond acceptors (Lipinski definition) is 5. The normalized spacial score (nSPS) is 13.4. The van der Waals surface area contributed by atoms with Crippen LogP contribution in [0.4, 0.5) is 0 Å². The third-order valence-corrected chi connectivity index (χ3v) is 5.21. The molecule has 2 aromatic rings. The topological polar surface area (TPSA) is 88.5 Å². The molecule has 0 saturated heterocycles. The Kier molecular flexibility index (Phi) is 4.92. The largest absolute Gasteiger partial charge is 0.477 e. The second-order valence-corrected chi connectivity index (χ2v) is 6.74. The number of pyridine rings is 1. The van der Waals surface area contributed by atoms with Gasteiger partial charge in [-0.25, -0.2) is 10.3 Å². The lowest BCUT2D eigenvalue weighted by Gasteiger charge is -2.13. The van der Waals surface area contributed by atoms with Gasteiger partial charge in [0.15, 0.2) is 0 Å². The van der Waals surface area contributed by atoms with Gasteiger partial charge in [-0.2, -0.15) is 0 Å². The lowest BCUT2D eigenvalue weighted by Crippen LogP contribution is -2.24. The van der Waals surface area contributed by atoms with Crippen molar-refractivity contribution in [1.82, 2.24) is 10.5 Å². The number of aromatic nitrogens is 1. The third-order valence-electron chi connectivity index (χ3n) is 3.95. The smallest absolute Gasteiger partial charge is 0.346 e. The van der Waals surface area contributed by atoms with E-state index in [4.69, 9.17) is 4.84 Å². The van der Waals surface area contributed by atoms with E-state index in [0.29, 0.717) is 4.88 Å². The van der Waals surface area contributed by atoms with Crippen LogP contribution in [0.3, 0.4) is 0 Å². The van der Waals surface area contributed by atoms with E-state index in [1.165, 1.54) is 0 Å². The molecule has 0 fully saturated rings. The molecule has 2 heterocycles. The minimum absolute atomic E-state index is 0.159. The van der Waals surface area contributed by atoms with Crippen LogP contribution in [0.5, 0.6) is 0 Å². The average molecular weight is 346 g/mol. The van der Waals surface area contributed by atoms with Crippen LogP contribution in [-0.4, -0.2) is 22.0 Å². The predicted octanol–water partition coefficient (Wildman–Crippen LogP) is 2.89. The molecule has 126 valence electrons. The summed E-state index contributed by atoms with van der Waals surface area (Å²) in [7, 11) is 0. The Bertz CT molecular complexity index is 785. The number of amides is 1. The van der Waals surface area contributed by atoms with Crippen molar-refractivity contribution in [2.45, 2.75) is 39.2 Å². The van der Waals surface area contributed by atoms with E-state index >= 15 is 0 Å². The summed E-state index contributed by atoms with van der Waals surface area (Å²) < 4.78 is 0. The van der Waals surface area contributed by atoms with Crippen LogP contribution < -0.4 is 5.48 Å². The fourth-order valence-electron chi connectivity index (χ4n) is 2.89. The average Bonchev–Trinajstić information content (AvgIpc) is 2.95. The fourth-order valence-corrected chi connectivity index (χ4v) is 4.01.